The third-order valence-corrected chi connectivity index (χ3v) is 2.96. The Morgan fingerprint density at radius 1 is 1.20 bits per heavy atom. The molecule has 0 fully saturated rings. The number of carbonyl (C=O) groups is 1. The molecule has 0 bridgehead atoms. The van der Waals surface area contributed by atoms with Gasteiger partial charge in [0.2, 0.25) is 0 Å². The van der Waals surface area contributed by atoms with Gasteiger partial charge in [-0.25, -0.2) is 9.37 Å². The van der Waals surface area contributed by atoms with E-state index in [1.807, 2.05) is 6.92 Å². The van der Waals surface area contributed by atoms with Crippen molar-refractivity contribution in [3.05, 3.63) is 59.5 Å². The van der Waals surface area contributed by atoms with E-state index < -0.39 is 0 Å². The highest BCUT2D eigenvalue weighted by molar-refractivity contribution is 5.92. The summed E-state index contributed by atoms with van der Waals surface area (Å²) in [5, 5.41) is 5.71. The Balaban J connectivity index is 2.08. The second kappa shape index (κ2) is 6.14. The van der Waals surface area contributed by atoms with Gasteiger partial charge in [0, 0.05) is 7.05 Å². The number of halogens is 1. The summed E-state index contributed by atoms with van der Waals surface area (Å²) in [6.07, 6.45) is 0. The fourth-order valence-electron chi connectivity index (χ4n) is 1.81. The first kappa shape index (κ1) is 14.0. The lowest BCUT2D eigenvalue weighted by atomic mass is 10.1. The van der Waals surface area contributed by atoms with Gasteiger partial charge in [-0.2, -0.15) is 0 Å². The van der Waals surface area contributed by atoms with Crippen molar-refractivity contribution in [2.45, 2.75) is 13.0 Å². The molecule has 20 heavy (non-hydrogen) atoms. The molecule has 0 saturated heterocycles. The first-order chi connectivity index (χ1) is 9.60. The van der Waals surface area contributed by atoms with E-state index in [1.165, 1.54) is 12.1 Å². The Morgan fingerprint density at radius 3 is 2.55 bits per heavy atom. The molecule has 1 atom stereocenters. The van der Waals surface area contributed by atoms with Crippen molar-refractivity contribution >= 4 is 11.7 Å². The van der Waals surface area contributed by atoms with Crippen LogP contribution in [-0.2, 0) is 0 Å². The van der Waals surface area contributed by atoms with Crippen molar-refractivity contribution in [1.29, 1.82) is 0 Å². The first-order valence-electron chi connectivity index (χ1n) is 6.31. The average Bonchev–Trinajstić information content (AvgIpc) is 2.47. The van der Waals surface area contributed by atoms with Gasteiger partial charge >= 0.3 is 0 Å². The average molecular weight is 273 g/mol. The number of hydrogen-bond acceptors (Lipinski definition) is 3. The maximum Gasteiger partial charge on any atom is 0.270 e. The number of hydrogen-bond donors (Lipinski definition) is 2. The summed E-state index contributed by atoms with van der Waals surface area (Å²) < 4.78 is 12.9. The summed E-state index contributed by atoms with van der Waals surface area (Å²) in [7, 11) is 1.74. The van der Waals surface area contributed by atoms with Crippen LogP contribution in [-0.4, -0.2) is 17.9 Å². The lowest BCUT2D eigenvalue weighted by Crippen LogP contribution is -2.27. The van der Waals surface area contributed by atoms with Crippen LogP contribution in [0.25, 0.3) is 0 Å². The number of carbonyl (C=O) groups excluding carboxylic acids is 1. The van der Waals surface area contributed by atoms with E-state index in [1.54, 1.807) is 37.4 Å². The number of benzene rings is 1. The van der Waals surface area contributed by atoms with Crippen LogP contribution in [0.15, 0.2) is 42.5 Å². The highest BCUT2D eigenvalue weighted by atomic mass is 19.1. The quantitative estimate of drug-likeness (QED) is 0.900. The van der Waals surface area contributed by atoms with Gasteiger partial charge < -0.3 is 10.6 Å². The Bertz CT molecular complexity index is 598. The molecule has 0 radical (unpaired) electrons. The van der Waals surface area contributed by atoms with Crippen molar-refractivity contribution < 1.29 is 9.18 Å². The summed E-state index contributed by atoms with van der Waals surface area (Å²) in [4.78, 5) is 16.3. The minimum Gasteiger partial charge on any atom is -0.373 e. The zero-order chi connectivity index (χ0) is 14.5. The standard InChI is InChI=1S/C15H16FN3O/c1-10(11-6-8-12(16)9-7-11)18-15(20)13-4-3-5-14(17-2)19-13/h3-10H,1-2H3,(H,17,19)(H,18,20). The summed E-state index contributed by atoms with van der Waals surface area (Å²) >= 11 is 0. The largest absolute Gasteiger partial charge is 0.373 e. The Morgan fingerprint density at radius 2 is 1.90 bits per heavy atom. The molecule has 4 nitrogen and oxygen atoms in total. The summed E-state index contributed by atoms with van der Waals surface area (Å²) in [6, 6.07) is 11.0. The van der Waals surface area contributed by atoms with Crippen LogP contribution >= 0.6 is 0 Å². The number of aromatic nitrogens is 1. The molecule has 5 heteroatoms. The maximum absolute atomic E-state index is 12.9. The van der Waals surface area contributed by atoms with E-state index in [0.29, 0.717) is 11.5 Å². The normalized spacial score (nSPS) is 11.8. The number of nitrogens with zero attached hydrogens (tertiary/aromatic N) is 1. The van der Waals surface area contributed by atoms with Crippen molar-refractivity contribution in [1.82, 2.24) is 10.3 Å². The molecule has 104 valence electrons. The van der Waals surface area contributed by atoms with Gasteiger partial charge in [-0.1, -0.05) is 18.2 Å². The van der Waals surface area contributed by atoms with Crippen LogP contribution in [0.1, 0.15) is 29.0 Å². The molecule has 2 rings (SSSR count). The van der Waals surface area contributed by atoms with Gasteiger partial charge in [-0.05, 0) is 36.8 Å². The smallest absolute Gasteiger partial charge is 0.270 e. The topological polar surface area (TPSA) is 54.0 Å². The third kappa shape index (κ3) is 3.32. The van der Waals surface area contributed by atoms with E-state index >= 15 is 0 Å². The minimum atomic E-state index is -0.296. The Kier molecular flexibility index (Phi) is 4.30. The zero-order valence-electron chi connectivity index (χ0n) is 11.4. The molecule has 2 aromatic rings. The van der Waals surface area contributed by atoms with E-state index in [0.717, 1.165) is 5.56 Å². The van der Waals surface area contributed by atoms with Crippen LogP contribution in [0.2, 0.25) is 0 Å². The second-order valence-corrected chi connectivity index (χ2v) is 4.40. The molecule has 1 heterocycles. The fraction of sp³-hybridized carbons (Fsp3) is 0.200. The monoisotopic (exact) mass is 273 g/mol. The number of amides is 1. The second-order valence-electron chi connectivity index (χ2n) is 4.40. The van der Waals surface area contributed by atoms with E-state index in [4.69, 9.17) is 0 Å². The molecule has 0 spiro atoms. The lowest BCUT2D eigenvalue weighted by molar-refractivity contribution is 0.0935. The van der Waals surface area contributed by atoms with E-state index in [2.05, 4.69) is 15.6 Å². The number of nitrogens with one attached hydrogen (secondary N) is 2. The molecular weight excluding hydrogens is 257 g/mol. The van der Waals surface area contributed by atoms with Gasteiger partial charge in [0.25, 0.3) is 5.91 Å². The van der Waals surface area contributed by atoms with Gasteiger partial charge in [0.1, 0.15) is 17.3 Å². The minimum absolute atomic E-state index is 0.219. The number of pyridine rings is 1. The van der Waals surface area contributed by atoms with Crippen LogP contribution in [0.5, 0.6) is 0 Å². The molecule has 0 aliphatic carbocycles. The molecule has 1 amide bonds. The zero-order valence-corrected chi connectivity index (χ0v) is 11.4. The Labute approximate surface area is 117 Å². The Hall–Kier alpha value is -2.43. The van der Waals surface area contributed by atoms with Crippen molar-refractivity contribution in [3.8, 4) is 0 Å². The summed E-state index contributed by atoms with van der Waals surface area (Å²) in [6.45, 7) is 1.84. The molecule has 0 saturated carbocycles. The van der Waals surface area contributed by atoms with Gasteiger partial charge in [0.05, 0.1) is 6.04 Å². The van der Waals surface area contributed by atoms with Crippen LogP contribution in [0.3, 0.4) is 0 Å². The number of rotatable bonds is 4. The maximum atomic E-state index is 12.9. The van der Waals surface area contributed by atoms with Crippen molar-refractivity contribution in [3.63, 3.8) is 0 Å². The third-order valence-electron chi connectivity index (χ3n) is 2.96. The van der Waals surface area contributed by atoms with Crippen LogP contribution in [0.4, 0.5) is 10.2 Å². The van der Waals surface area contributed by atoms with Gasteiger partial charge in [-0.15, -0.1) is 0 Å². The van der Waals surface area contributed by atoms with E-state index in [9.17, 15) is 9.18 Å². The highest BCUT2D eigenvalue weighted by Gasteiger charge is 2.12. The predicted octanol–water partition coefficient (Wildman–Crippen LogP) is 2.75. The van der Waals surface area contributed by atoms with E-state index in [-0.39, 0.29) is 17.8 Å². The van der Waals surface area contributed by atoms with Gasteiger partial charge in [0.15, 0.2) is 0 Å². The number of anilines is 1. The predicted molar refractivity (Wildman–Crippen MR) is 76.1 cm³/mol. The first-order valence-corrected chi connectivity index (χ1v) is 6.31. The lowest BCUT2D eigenvalue weighted by Gasteiger charge is -2.14. The van der Waals surface area contributed by atoms with Crippen LogP contribution < -0.4 is 10.6 Å². The fourth-order valence-corrected chi connectivity index (χ4v) is 1.81. The molecule has 0 aliphatic heterocycles. The molecule has 1 unspecified atom stereocenters. The molecule has 1 aromatic heterocycles. The SMILES string of the molecule is CNc1cccc(C(=O)NC(C)c2ccc(F)cc2)n1. The van der Waals surface area contributed by atoms with Gasteiger partial charge in [-0.3, -0.25) is 4.79 Å². The van der Waals surface area contributed by atoms with Crippen molar-refractivity contribution in [2.75, 3.05) is 12.4 Å². The van der Waals surface area contributed by atoms with Crippen molar-refractivity contribution in [2.24, 2.45) is 0 Å². The summed E-state index contributed by atoms with van der Waals surface area (Å²) in [5.74, 6) is 0.0710. The molecule has 0 aliphatic rings. The summed E-state index contributed by atoms with van der Waals surface area (Å²) in [5.41, 5.74) is 1.18. The molecule has 1 aromatic carbocycles. The molecular formula is C15H16FN3O. The molecule has 2 N–H and O–H groups in total. The van der Waals surface area contributed by atoms with Crippen LogP contribution in [0, 0.1) is 5.82 Å². The highest BCUT2D eigenvalue weighted by Crippen LogP contribution is 2.13.